The third kappa shape index (κ3) is 6.40. The van der Waals surface area contributed by atoms with Crippen LogP contribution in [0.3, 0.4) is 0 Å². The first kappa shape index (κ1) is 27.3. The van der Waals surface area contributed by atoms with Crippen molar-refractivity contribution in [2.45, 2.75) is 6.92 Å². The summed E-state index contributed by atoms with van der Waals surface area (Å²) in [6.07, 6.45) is 1.52. The molecule has 40 heavy (non-hydrogen) atoms. The van der Waals surface area contributed by atoms with Gasteiger partial charge in [0.25, 0.3) is 11.8 Å². The topological polar surface area (TPSA) is 142 Å². The molecule has 0 unspecified atom stereocenters. The molecule has 0 heterocycles. The summed E-state index contributed by atoms with van der Waals surface area (Å²) in [5, 5.41) is 24.2. The van der Waals surface area contributed by atoms with Crippen molar-refractivity contribution in [1.82, 2.24) is 0 Å². The Kier molecular flexibility index (Phi) is 8.05. The highest BCUT2D eigenvalue weighted by Gasteiger charge is 2.18. The molecule has 9 nitrogen and oxygen atoms in total. The molecule has 4 N–H and O–H groups in total. The lowest BCUT2D eigenvalue weighted by Crippen LogP contribution is -2.16. The summed E-state index contributed by atoms with van der Waals surface area (Å²) in [5.74, 6) is -2.73. The number of hydrogen-bond acceptors (Lipinski definition) is 5. The van der Waals surface area contributed by atoms with Gasteiger partial charge in [0, 0.05) is 17.4 Å². The minimum atomic E-state index is -1.22. The molecule has 2 amide bonds. The number of carboxylic acids is 2. The van der Waals surface area contributed by atoms with Gasteiger partial charge in [-0.2, -0.15) is 0 Å². The zero-order valence-electron chi connectivity index (χ0n) is 21.3. The molecule has 0 radical (unpaired) electrons. The number of anilines is 2. The summed E-state index contributed by atoms with van der Waals surface area (Å²) in [6.45, 7) is 5.42. The second-order valence-electron chi connectivity index (χ2n) is 8.73. The highest BCUT2D eigenvalue weighted by atomic mass is 16.5. The fraction of sp³-hybridized carbons (Fsp3) is 0.0323. The summed E-state index contributed by atoms with van der Waals surface area (Å²) in [7, 11) is 0. The van der Waals surface area contributed by atoms with Crippen LogP contribution in [-0.2, 0) is 0 Å². The first-order valence-corrected chi connectivity index (χ1v) is 12.0. The van der Waals surface area contributed by atoms with Crippen molar-refractivity contribution in [2.75, 3.05) is 10.6 Å². The van der Waals surface area contributed by atoms with Crippen molar-refractivity contribution >= 4 is 41.2 Å². The minimum absolute atomic E-state index is 0.00463. The Balaban J connectivity index is 1.45. The molecule has 4 aromatic carbocycles. The molecule has 4 rings (SSSR count). The van der Waals surface area contributed by atoms with Gasteiger partial charge in [-0.3, -0.25) is 9.59 Å². The van der Waals surface area contributed by atoms with Crippen molar-refractivity contribution in [1.29, 1.82) is 0 Å². The normalized spacial score (nSPS) is 10.3. The molecule has 0 spiro atoms. The van der Waals surface area contributed by atoms with Crippen LogP contribution in [0, 0.1) is 6.92 Å². The Morgan fingerprint density at radius 3 is 1.90 bits per heavy atom. The lowest BCUT2D eigenvalue weighted by molar-refractivity contribution is 0.0683. The Morgan fingerprint density at radius 2 is 1.27 bits per heavy atom. The van der Waals surface area contributed by atoms with Crippen LogP contribution >= 0.6 is 0 Å². The van der Waals surface area contributed by atoms with Crippen LogP contribution in [0.5, 0.6) is 11.5 Å². The molecule has 9 heteroatoms. The van der Waals surface area contributed by atoms with Gasteiger partial charge in [-0.25, -0.2) is 9.59 Å². The molecule has 200 valence electrons. The number of aryl methyl sites for hydroxylation is 1. The predicted molar refractivity (Wildman–Crippen MR) is 150 cm³/mol. The highest BCUT2D eigenvalue weighted by molar-refractivity contribution is 6.11. The zero-order valence-corrected chi connectivity index (χ0v) is 21.3. The van der Waals surface area contributed by atoms with Gasteiger partial charge >= 0.3 is 11.9 Å². The van der Waals surface area contributed by atoms with Gasteiger partial charge < -0.3 is 25.6 Å². The van der Waals surface area contributed by atoms with Crippen LogP contribution in [0.2, 0.25) is 0 Å². The van der Waals surface area contributed by atoms with E-state index in [2.05, 4.69) is 17.2 Å². The van der Waals surface area contributed by atoms with Crippen LogP contribution in [-0.4, -0.2) is 34.0 Å². The second-order valence-corrected chi connectivity index (χ2v) is 8.73. The molecule has 4 aromatic rings. The average molecular weight is 537 g/mol. The molecule has 0 aliphatic heterocycles. The SMILES string of the molecule is C=Cc1ccc(C(=O)O)c(C(=O)Nc2cccc(Oc3ccc(NC(=O)c4cc(C)ccc4C(=O)O)cc3)c2)c1. The molecular formula is C31H24N2O7. The van der Waals surface area contributed by atoms with Gasteiger partial charge in [0.05, 0.1) is 22.3 Å². The van der Waals surface area contributed by atoms with Gasteiger partial charge in [-0.05, 0) is 73.2 Å². The predicted octanol–water partition coefficient (Wildman–Crippen LogP) is 6.33. The van der Waals surface area contributed by atoms with E-state index in [1.165, 1.54) is 30.3 Å². The lowest BCUT2D eigenvalue weighted by atomic mass is 10.0. The Hall–Kier alpha value is -5.70. The number of hydrogen-bond donors (Lipinski definition) is 4. The van der Waals surface area contributed by atoms with E-state index in [0.717, 1.165) is 5.56 Å². The molecule has 0 saturated carbocycles. The van der Waals surface area contributed by atoms with E-state index in [0.29, 0.717) is 28.4 Å². The third-order valence-electron chi connectivity index (χ3n) is 5.84. The number of carbonyl (C=O) groups excluding carboxylic acids is 2. The summed E-state index contributed by atoms with van der Waals surface area (Å²) >= 11 is 0. The van der Waals surface area contributed by atoms with Crippen molar-refractivity contribution in [2.24, 2.45) is 0 Å². The van der Waals surface area contributed by atoms with Gasteiger partial charge in [-0.15, -0.1) is 0 Å². The molecule has 0 bridgehead atoms. The van der Waals surface area contributed by atoms with E-state index >= 15 is 0 Å². The highest BCUT2D eigenvalue weighted by Crippen LogP contribution is 2.26. The number of carbonyl (C=O) groups is 4. The number of nitrogens with one attached hydrogen (secondary N) is 2. The molecule has 0 aliphatic rings. The largest absolute Gasteiger partial charge is 0.478 e. The van der Waals surface area contributed by atoms with Crippen molar-refractivity contribution in [3.05, 3.63) is 125 Å². The van der Waals surface area contributed by atoms with Gasteiger partial charge in [0.15, 0.2) is 0 Å². The molecular weight excluding hydrogens is 512 g/mol. The zero-order chi connectivity index (χ0) is 28.8. The smallest absolute Gasteiger partial charge is 0.336 e. The van der Waals surface area contributed by atoms with Crippen molar-refractivity contribution < 1.29 is 34.1 Å². The van der Waals surface area contributed by atoms with Crippen molar-refractivity contribution in [3.8, 4) is 11.5 Å². The fourth-order valence-electron chi connectivity index (χ4n) is 3.87. The van der Waals surface area contributed by atoms with Gasteiger partial charge in [-0.1, -0.05) is 36.4 Å². The number of carboxylic acid groups (broad SMARTS) is 2. The lowest BCUT2D eigenvalue weighted by Gasteiger charge is -2.12. The molecule has 0 fully saturated rings. The number of aromatic carboxylic acids is 2. The van der Waals surface area contributed by atoms with Gasteiger partial charge in [0.1, 0.15) is 11.5 Å². The maximum absolute atomic E-state index is 12.9. The van der Waals surface area contributed by atoms with E-state index in [1.54, 1.807) is 67.6 Å². The number of benzene rings is 4. The van der Waals surface area contributed by atoms with Crippen LogP contribution in [0.15, 0.2) is 91.5 Å². The van der Waals surface area contributed by atoms with Crippen LogP contribution < -0.4 is 15.4 Å². The number of rotatable bonds is 9. The molecule has 0 saturated heterocycles. The Bertz CT molecular complexity index is 1640. The minimum Gasteiger partial charge on any atom is -0.478 e. The quantitative estimate of drug-likeness (QED) is 0.196. The van der Waals surface area contributed by atoms with Crippen LogP contribution in [0.25, 0.3) is 6.08 Å². The molecule has 0 atom stereocenters. The van der Waals surface area contributed by atoms with E-state index in [1.807, 2.05) is 0 Å². The van der Waals surface area contributed by atoms with Gasteiger partial charge in [0.2, 0.25) is 0 Å². The number of ether oxygens (including phenoxy) is 1. The molecule has 0 aliphatic carbocycles. The number of amides is 2. The third-order valence-corrected chi connectivity index (χ3v) is 5.84. The van der Waals surface area contributed by atoms with Crippen LogP contribution in [0.4, 0.5) is 11.4 Å². The van der Waals surface area contributed by atoms with E-state index < -0.39 is 23.8 Å². The first-order chi connectivity index (χ1) is 19.1. The monoisotopic (exact) mass is 536 g/mol. The van der Waals surface area contributed by atoms with E-state index in [9.17, 15) is 29.4 Å². The van der Waals surface area contributed by atoms with E-state index in [4.69, 9.17) is 4.74 Å². The van der Waals surface area contributed by atoms with E-state index in [-0.39, 0.29) is 22.3 Å². The molecule has 0 aromatic heterocycles. The summed E-state index contributed by atoms with van der Waals surface area (Å²) in [4.78, 5) is 48.6. The maximum atomic E-state index is 12.9. The summed E-state index contributed by atoms with van der Waals surface area (Å²) < 4.78 is 5.87. The van der Waals surface area contributed by atoms with Crippen molar-refractivity contribution in [3.63, 3.8) is 0 Å². The van der Waals surface area contributed by atoms with Crippen LogP contribution in [0.1, 0.15) is 52.6 Å². The summed E-state index contributed by atoms with van der Waals surface area (Å²) in [6, 6.07) is 21.9. The Morgan fingerprint density at radius 1 is 0.675 bits per heavy atom. The second kappa shape index (κ2) is 11.8. The first-order valence-electron chi connectivity index (χ1n) is 12.0. The maximum Gasteiger partial charge on any atom is 0.336 e. The Labute approximate surface area is 229 Å². The average Bonchev–Trinajstić information content (AvgIpc) is 2.93. The summed E-state index contributed by atoms with van der Waals surface area (Å²) in [5.41, 5.74) is 2.00. The standard InChI is InChI=1S/C31H24N2O7/c1-3-19-8-14-25(31(38)39)27(16-19)29(35)33-21-5-4-6-23(17-21)40-22-11-9-20(10-12-22)32-28(34)26-15-18(2)7-13-24(26)30(36)37/h3-17H,1H2,2H3,(H,32,34)(H,33,35)(H,36,37)(H,38,39). The fourth-order valence-corrected chi connectivity index (χ4v) is 3.87.